The van der Waals surface area contributed by atoms with E-state index in [1.54, 1.807) is 46.8 Å². The van der Waals surface area contributed by atoms with Crippen LogP contribution in [0.2, 0.25) is 10.2 Å². The zero-order valence-electron chi connectivity index (χ0n) is 21.5. The number of allylic oxidation sites excluding steroid dienone is 1. The van der Waals surface area contributed by atoms with Crippen LogP contribution in [0, 0.1) is 5.92 Å². The Kier molecular flexibility index (Phi) is 5.30. The molecule has 1 saturated carbocycles. The van der Waals surface area contributed by atoms with Gasteiger partial charge in [0.1, 0.15) is 0 Å². The van der Waals surface area contributed by atoms with Crippen LogP contribution in [0.4, 0.5) is 10.2 Å². The van der Waals surface area contributed by atoms with Gasteiger partial charge in [0.15, 0.2) is 16.6 Å². The number of halogens is 3. The average Bonchev–Trinajstić information content (AvgIpc) is 3.27. The number of aliphatic imine (C=N–C) groups is 1. The van der Waals surface area contributed by atoms with Crippen LogP contribution in [0.3, 0.4) is 0 Å². The van der Waals surface area contributed by atoms with Crippen LogP contribution in [0.1, 0.15) is 36.1 Å². The van der Waals surface area contributed by atoms with Crippen LogP contribution < -0.4 is 10.9 Å². The first kappa shape index (κ1) is 24.5. The SMILES string of the molecule is CNc1noc2cc(C3=C(F)N=C([C@@H]4[C@H]5C[C@H]5c5cc(-c6cc(Cl)ccc6-n6cc(Cl)nn6)cc(=O)n54)C3)ccc12. The summed E-state index contributed by atoms with van der Waals surface area (Å²) in [6.07, 6.45) is 2.83. The standard InChI is InChI=1S/C29H20Cl2FN7O2/c1-33-29-16-4-2-13(7-24(16)41-36-29)18-11-21(34-28(18)32)27-20-10-19(20)23-6-14(8-26(40)39(23)27)17-9-15(30)3-5-22(17)38-12-25(31)35-37-38/h2-9,12,19-20,27H,10-11H2,1H3,(H,33,36)/t19-,20+,27+/m1/s1. The summed E-state index contributed by atoms with van der Waals surface area (Å²) in [6, 6.07) is 14.2. The van der Waals surface area contributed by atoms with Gasteiger partial charge in [-0.3, -0.25) is 4.79 Å². The number of anilines is 1. The monoisotopic (exact) mass is 587 g/mol. The van der Waals surface area contributed by atoms with Crippen molar-refractivity contribution in [3.05, 3.63) is 92.5 Å². The van der Waals surface area contributed by atoms with Crippen molar-refractivity contribution in [1.82, 2.24) is 24.7 Å². The normalized spacial score (nSPS) is 20.9. The molecule has 0 bridgehead atoms. The number of aromatic nitrogens is 5. The molecule has 2 aliphatic heterocycles. The van der Waals surface area contributed by atoms with E-state index < -0.39 is 5.95 Å². The summed E-state index contributed by atoms with van der Waals surface area (Å²) in [5.41, 5.74) is 5.29. The highest BCUT2D eigenvalue weighted by molar-refractivity contribution is 6.31. The van der Waals surface area contributed by atoms with Gasteiger partial charge >= 0.3 is 0 Å². The van der Waals surface area contributed by atoms with E-state index in [2.05, 4.69) is 25.8 Å². The molecule has 204 valence electrons. The van der Waals surface area contributed by atoms with E-state index >= 15 is 4.39 Å². The highest BCUT2D eigenvalue weighted by Crippen LogP contribution is 2.60. The second-order valence-electron chi connectivity index (χ2n) is 10.5. The van der Waals surface area contributed by atoms with Crippen molar-refractivity contribution < 1.29 is 8.91 Å². The largest absolute Gasteiger partial charge is 0.370 e. The lowest BCUT2D eigenvalue weighted by Gasteiger charge is -2.20. The summed E-state index contributed by atoms with van der Waals surface area (Å²) in [7, 11) is 1.76. The Hall–Kier alpha value is -4.28. The molecule has 0 spiro atoms. The molecule has 2 aromatic carbocycles. The Morgan fingerprint density at radius 3 is 2.78 bits per heavy atom. The lowest BCUT2D eigenvalue weighted by atomic mass is 9.97. The molecule has 3 aliphatic rings. The van der Waals surface area contributed by atoms with Crippen LogP contribution in [0.15, 0.2) is 75.0 Å². The second kappa shape index (κ2) is 8.86. The molecule has 12 heteroatoms. The molecular weight excluding hydrogens is 568 g/mol. The third-order valence-corrected chi connectivity index (χ3v) is 8.64. The van der Waals surface area contributed by atoms with Crippen LogP contribution in [0.5, 0.6) is 0 Å². The van der Waals surface area contributed by atoms with Crippen molar-refractivity contribution in [3.8, 4) is 16.8 Å². The molecule has 5 aromatic rings. The van der Waals surface area contributed by atoms with Gasteiger partial charge in [-0.15, -0.1) is 5.10 Å². The van der Waals surface area contributed by atoms with Crippen molar-refractivity contribution in [1.29, 1.82) is 0 Å². The maximum absolute atomic E-state index is 15.3. The first-order valence-corrected chi connectivity index (χ1v) is 13.8. The minimum Gasteiger partial charge on any atom is -0.370 e. The van der Waals surface area contributed by atoms with Crippen molar-refractivity contribution in [3.63, 3.8) is 0 Å². The maximum atomic E-state index is 15.3. The van der Waals surface area contributed by atoms with E-state index in [0.29, 0.717) is 45.4 Å². The Labute approximate surface area is 241 Å². The van der Waals surface area contributed by atoms with Gasteiger partial charge in [-0.1, -0.05) is 39.6 Å². The van der Waals surface area contributed by atoms with Gasteiger partial charge in [-0.05, 0) is 59.9 Å². The number of nitrogens with one attached hydrogen (secondary N) is 1. The Bertz CT molecular complexity index is 2040. The van der Waals surface area contributed by atoms with Gasteiger partial charge in [-0.25, -0.2) is 9.67 Å². The molecule has 3 atom stereocenters. The minimum absolute atomic E-state index is 0.170. The molecule has 0 amide bonds. The van der Waals surface area contributed by atoms with Crippen molar-refractivity contribution in [2.75, 3.05) is 12.4 Å². The van der Waals surface area contributed by atoms with E-state index in [-0.39, 0.29) is 28.6 Å². The fourth-order valence-electron chi connectivity index (χ4n) is 6.32. The quantitative estimate of drug-likeness (QED) is 0.238. The highest BCUT2D eigenvalue weighted by Gasteiger charge is 2.55. The fourth-order valence-corrected chi connectivity index (χ4v) is 6.61. The number of hydrogen-bond acceptors (Lipinski definition) is 7. The number of nitrogens with zero attached hydrogens (tertiary/aromatic N) is 6. The lowest BCUT2D eigenvalue weighted by molar-refractivity contribution is 0.460. The maximum Gasteiger partial charge on any atom is 0.251 e. The Balaban J connectivity index is 1.14. The lowest BCUT2D eigenvalue weighted by Crippen LogP contribution is -2.29. The van der Waals surface area contributed by atoms with Gasteiger partial charge in [0.25, 0.3) is 5.56 Å². The van der Waals surface area contributed by atoms with Gasteiger partial charge in [0.05, 0.1) is 23.3 Å². The molecular formula is C29H20Cl2FN7O2. The van der Waals surface area contributed by atoms with Crippen LogP contribution in [0.25, 0.3) is 33.4 Å². The van der Waals surface area contributed by atoms with E-state index in [4.69, 9.17) is 27.7 Å². The molecule has 5 heterocycles. The first-order chi connectivity index (χ1) is 19.9. The molecule has 1 fully saturated rings. The molecule has 0 radical (unpaired) electrons. The predicted octanol–water partition coefficient (Wildman–Crippen LogP) is 6.43. The van der Waals surface area contributed by atoms with Crippen molar-refractivity contribution in [2.24, 2.45) is 10.9 Å². The van der Waals surface area contributed by atoms with Crippen LogP contribution >= 0.6 is 23.2 Å². The first-order valence-electron chi connectivity index (χ1n) is 13.1. The predicted molar refractivity (Wildman–Crippen MR) is 155 cm³/mol. The summed E-state index contributed by atoms with van der Waals surface area (Å²) in [6.45, 7) is 0. The van der Waals surface area contributed by atoms with Gasteiger partial charge in [0.2, 0.25) is 5.95 Å². The van der Waals surface area contributed by atoms with Crippen LogP contribution in [-0.4, -0.2) is 37.5 Å². The third kappa shape index (κ3) is 3.78. The van der Waals surface area contributed by atoms with E-state index in [1.807, 2.05) is 24.3 Å². The molecule has 41 heavy (non-hydrogen) atoms. The zero-order valence-corrected chi connectivity index (χ0v) is 23.0. The van der Waals surface area contributed by atoms with Crippen LogP contribution in [-0.2, 0) is 0 Å². The summed E-state index contributed by atoms with van der Waals surface area (Å²) >= 11 is 12.4. The smallest absolute Gasteiger partial charge is 0.251 e. The Morgan fingerprint density at radius 2 is 1.98 bits per heavy atom. The zero-order chi connectivity index (χ0) is 28.0. The van der Waals surface area contributed by atoms with E-state index in [0.717, 1.165) is 28.6 Å². The summed E-state index contributed by atoms with van der Waals surface area (Å²) in [5.74, 6) is 0.502. The Morgan fingerprint density at radius 1 is 1.10 bits per heavy atom. The van der Waals surface area contributed by atoms with Gasteiger partial charge in [-0.2, -0.15) is 4.39 Å². The van der Waals surface area contributed by atoms with E-state index in [1.165, 1.54) is 0 Å². The average molecular weight is 588 g/mol. The summed E-state index contributed by atoms with van der Waals surface area (Å²) in [5, 5.41) is 16.5. The van der Waals surface area contributed by atoms with E-state index in [9.17, 15) is 4.79 Å². The van der Waals surface area contributed by atoms with Crippen molar-refractivity contribution in [2.45, 2.75) is 24.8 Å². The van der Waals surface area contributed by atoms with Crippen molar-refractivity contribution >= 4 is 51.3 Å². The number of benzene rings is 2. The second-order valence-corrected chi connectivity index (χ2v) is 11.3. The topological polar surface area (TPSA) is 103 Å². The number of rotatable bonds is 5. The number of hydrogen-bond donors (Lipinski definition) is 1. The molecule has 8 rings (SSSR count). The van der Waals surface area contributed by atoms with Gasteiger partial charge < -0.3 is 14.4 Å². The molecule has 3 aromatic heterocycles. The van der Waals surface area contributed by atoms with Gasteiger partial charge in [0, 0.05) is 53.0 Å². The number of pyridine rings is 1. The minimum atomic E-state index is -0.530. The number of fused-ring (bicyclic) bond motifs is 4. The molecule has 0 unspecified atom stereocenters. The fraction of sp³-hybridized carbons (Fsp3) is 0.207. The summed E-state index contributed by atoms with van der Waals surface area (Å²) in [4.78, 5) is 18.0. The third-order valence-electron chi connectivity index (χ3n) is 8.23. The molecule has 0 saturated heterocycles. The molecule has 1 N–H and O–H groups in total. The molecule has 1 aliphatic carbocycles. The molecule has 9 nitrogen and oxygen atoms in total. The highest BCUT2D eigenvalue weighted by atomic mass is 35.5. The summed E-state index contributed by atoms with van der Waals surface area (Å²) < 4.78 is 24.1.